The van der Waals surface area contributed by atoms with Crippen LogP contribution in [0.15, 0.2) is 18.2 Å². The molecule has 1 aromatic heterocycles. The van der Waals surface area contributed by atoms with Gasteiger partial charge in [-0.05, 0) is 37.5 Å². The van der Waals surface area contributed by atoms with Crippen molar-refractivity contribution in [2.24, 2.45) is 0 Å². The number of Topliss-reactive ketones (excluding diaryl/α,β-unsaturated/α-hetero) is 1. The molecule has 2 nitrogen and oxygen atoms in total. The van der Waals surface area contributed by atoms with Gasteiger partial charge in [0.2, 0.25) is 0 Å². The molecule has 1 saturated carbocycles. The molecule has 3 rings (SSSR count). The zero-order valence-corrected chi connectivity index (χ0v) is 10.7. The minimum atomic E-state index is 0.121. The number of carbonyl (C=O) groups excluding carboxylic acids is 1. The molecule has 0 unspecified atom stereocenters. The first-order valence-corrected chi connectivity index (χ1v) is 6.95. The van der Waals surface area contributed by atoms with Gasteiger partial charge in [0.05, 0.1) is 15.2 Å². The standard InChI is InChI=1S/C14H15NOS/c1-9-15-12-8-10(6-7-14(12)17-9)11-4-2-3-5-13(11)16/h6-8,11H,2-5H2,1H3/t11-/m0/s1. The summed E-state index contributed by atoms with van der Waals surface area (Å²) in [6.07, 6.45) is 3.99. The highest BCUT2D eigenvalue weighted by atomic mass is 32.1. The van der Waals surface area contributed by atoms with E-state index in [2.05, 4.69) is 23.2 Å². The molecule has 0 amide bonds. The summed E-state index contributed by atoms with van der Waals surface area (Å²) in [6, 6.07) is 6.32. The molecule has 3 heteroatoms. The van der Waals surface area contributed by atoms with Gasteiger partial charge in [0.25, 0.3) is 0 Å². The number of thiazole rings is 1. The normalized spacial score (nSPS) is 21.0. The van der Waals surface area contributed by atoms with Crippen LogP contribution in [0, 0.1) is 6.92 Å². The van der Waals surface area contributed by atoms with Crippen LogP contribution in [-0.2, 0) is 4.79 Å². The summed E-state index contributed by atoms with van der Waals surface area (Å²) in [5.74, 6) is 0.526. The Morgan fingerprint density at radius 1 is 1.35 bits per heavy atom. The lowest BCUT2D eigenvalue weighted by Gasteiger charge is -2.20. The van der Waals surface area contributed by atoms with Crippen LogP contribution in [0.1, 0.15) is 42.2 Å². The lowest BCUT2D eigenvalue weighted by atomic mass is 9.83. The average Bonchev–Trinajstić information content (AvgIpc) is 2.68. The molecule has 88 valence electrons. The van der Waals surface area contributed by atoms with Crippen LogP contribution in [0.4, 0.5) is 0 Å². The van der Waals surface area contributed by atoms with Gasteiger partial charge in [0, 0.05) is 12.3 Å². The molecule has 0 bridgehead atoms. The fourth-order valence-electron chi connectivity index (χ4n) is 2.61. The van der Waals surface area contributed by atoms with E-state index in [1.54, 1.807) is 11.3 Å². The third-order valence-electron chi connectivity index (χ3n) is 3.48. The molecule has 17 heavy (non-hydrogen) atoms. The summed E-state index contributed by atoms with van der Waals surface area (Å²) in [4.78, 5) is 16.4. The minimum absolute atomic E-state index is 0.121. The number of carbonyl (C=O) groups is 1. The van der Waals surface area contributed by atoms with Gasteiger partial charge >= 0.3 is 0 Å². The van der Waals surface area contributed by atoms with E-state index in [1.807, 2.05) is 6.92 Å². The van der Waals surface area contributed by atoms with Crippen LogP contribution < -0.4 is 0 Å². The highest BCUT2D eigenvalue weighted by Gasteiger charge is 2.24. The van der Waals surface area contributed by atoms with E-state index < -0.39 is 0 Å². The topological polar surface area (TPSA) is 30.0 Å². The van der Waals surface area contributed by atoms with Crippen LogP contribution in [-0.4, -0.2) is 10.8 Å². The summed E-state index contributed by atoms with van der Waals surface area (Å²) in [5, 5.41) is 1.09. The average molecular weight is 245 g/mol. The Bertz CT molecular complexity index is 573. The Labute approximate surface area is 105 Å². The molecule has 1 fully saturated rings. The van der Waals surface area contributed by atoms with Crippen molar-refractivity contribution in [3.8, 4) is 0 Å². The quantitative estimate of drug-likeness (QED) is 0.764. The Balaban J connectivity index is 2.01. The fourth-order valence-corrected chi connectivity index (χ4v) is 3.42. The van der Waals surface area contributed by atoms with Crippen molar-refractivity contribution in [1.82, 2.24) is 4.98 Å². The van der Waals surface area contributed by atoms with Gasteiger partial charge in [-0.2, -0.15) is 0 Å². The van der Waals surface area contributed by atoms with E-state index >= 15 is 0 Å². The maximum absolute atomic E-state index is 11.9. The predicted octanol–water partition coefficient (Wildman–Crippen LogP) is 3.83. The smallest absolute Gasteiger partial charge is 0.140 e. The van der Waals surface area contributed by atoms with Gasteiger partial charge in [-0.25, -0.2) is 4.98 Å². The number of fused-ring (bicyclic) bond motifs is 1. The van der Waals surface area contributed by atoms with E-state index in [0.29, 0.717) is 5.78 Å². The number of hydrogen-bond acceptors (Lipinski definition) is 3. The second-order valence-corrected chi connectivity index (χ2v) is 5.96. The summed E-state index contributed by atoms with van der Waals surface area (Å²) in [7, 11) is 0. The van der Waals surface area contributed by atoms with Crippen LogP contribution in [0.25, 0.3) is 10.2 Å². The van der Waals surface area contributed by atoms with E-state index in [4.69, 9.17) is 0 Å². The third kappa shape index (κ3) is 2.00. The lowest BCUT2D eigenvalue weighted by molar-refractivity contribution is -0.121. The molecule has 0 aliphatic heterocycles. The molecule has 1 heterocycles. The van der Waals surface area contributed by atoms with Gasteiger partial charge in [-0.1, -0.05) is 12.5 Å². The lowest BCUT2D eigenvalue weighted by Crippen LogP contribution is -2.16. The molecule has 1 atom stereocenters. The minimum Gasteiger partial charge on any atom is -0.299 e. The van der Waals surface area contributed by atoms with Crippen molar-refractivity contribution in [2.75, 3.05) is 0 Å². The number of aromatic nitrogens is 1. The molecule has 1 aliphatic rings. The Hall–Kier alpha value is -1.22. The zero-order valence-electron chi connectivity index (χ0n) is 9.90. The second kappa shape index (κ2) is 4.22. The summed E-state index contributed by atoms with van der Waals surface area (Å²) < 4.78 is 1.22. The number of aryl methyl sites for hydroxylation is 1. The van der Waals surface area contributed by atoms with Crippen molar-refractivity contribution >= 4 is 27.3 Å². The zero-order chi connectivity index (χ0) is 11.8. The molecule has 0 radical (unpaired) electrons. The van der Waals surface area contributed by atoms with Crippen LogP contribution >= 0.6 is 11.3 Å². The molecule has 1 aromatic carbocycles. The van der Waals surface area contributed by atoms with Crippen LogP contribution in [0.5, 0.6) is 0 Å². The van der Waals surface area contributed by atoms with Crippen LogP contribution in [0.3, 0.4) is 0 Å². The fraction of sp³-hybridized carbons (Fsp3) is 0.429. The van der Waals surface area contributed by atoms with Gasteiger partial charge in [-0.3, -0.25) is 4.79 Å². The van der Waals surface area contributed by atoms with Gasteiger partial charge in [0.15, 0.2) is 0 Å². The molecule has 0 N–H and O–H groups in total. The maximum atomic E-state index is 11.9. The number of rotatable bonds is 1. The summed E-state index contributed by atoms with van der Waals surface area (Å²) in [5.41, 5.74) is 2.20. The van der Waals surface area contributed by atoms with Crippen LogP contribution in [0.2, 0.25) is 0 Å². The Morgan fingerprint density at radius 3 is 3.06 bits per heavy atom. The van der Waals surface area contributed by atoms with E-state index in [-0.39, 0.29) is 5.92 Å². The summed E-state index contributed by atoms with van der Waals surface area (Å²) >= 11 is 1.71. The molecule has 0 spiro atoms. The first-order valence-electron chi connectivity index (χ1n) is 6.14. The maximum Gasteiger partial charge on any atom is 0.140 e. The highest BCUT2D eigenvalue weighted by Crippen LogP contribution is 2.32. The molecular formula is C14H15NOS. The largest absolute Gasteiger partial charge is 0.299 e. The third-order valence-corrected chi connectivity index (χ3v) is 4.43. The molecule has 0 saturated heterocycles. The monoisotopic (exact) mass is 245 g/mol. The first-order chi connectivity index (χ1) is 8.24. The molecular weight excluding hydrogens is 230 g/mol. The second-order valence-electron chi connectivity index (χ2n) is 4.72. The molecule has 2 aromatic rings. The number of benzene rings is 1. The van der Waals surface area contributed by atoms with E-state index in [0.717, 1.165) is 35.4 Å². The van der Waals surface area contributed by atoms with Crippen molar-refractivity contribution < 1.29 is 4.79 Å². The first kappa shape index (κ1) is 10.9. The van der Waals surface area contributed by atoms with Crippen molar-refractivity contribution in [1.29, 1.82) is 0 Å². The summed E-state index contributed by atoms with van der Waals surface area (Å²) in [6.45, 7) is 2.02. The Kier molecular flexibility index (Phi) is 2.71. The van der Waals surface area contributed by atoms with E-state index in [1.165, 1.54) is 11.1 Å². The number of ketones is 1. The SMILES string of the molecule is Cc1nc2cc([C@@H]3CCCCC3=O)ccc2s1. The van der Waals surface area contributed by atoms with Gasteiger partial charge in [0.1, 0.15) is 5.78 Å². The Morgan fingerprint density at radius 2 is 2.24 bits per heavy atom. The molecule has 1 aliphatic carbocycles. The highest BCUT2D eigenvalue weighted by molar-refractivity contribution is 7.18. The van der Waals surface area contributed by atoms with Crippen molar-refractivity contribution in [3.05, 3.63) is 28.8 Å². The predicted molar refractivity (Wildman–Crippen MR) is 70.6 cm³/mol. The van der Waals surface area contributed by atoms with Crippen molar-refractivity contribution in [2.45, 2.75) is 38.5 Å². The number of nitrogens with zero attached hydrogens (tertiary/aromatic N) is 1. The van der Waals surface area contributed by atoms with Crippen molar-refractivity contribution in [3.63, 3.8) is 0 Å². The van der Waals surface area contributed by atoms with Gasteiger partial charge < -0.3 is 0 Å². The number of hydrogen-bond donors (Lipinski definition) is 0. The van der Waals surface area contributed by atoms with Gasteiger partial charge in [-0.15, -0.1) is 11.3 Å². The van der Waals surface area contributed by atoms with E-state index in [9.17, 15) is 4.79 Å².